The van der Waals surface area contributed by atoms with Gasteiger partial charge < -0.3 is 24.5 Å². The Balaban J connectivity index is 0.896. The van der Waals surface area contributed by atoms with Gasteiger partial charge in [0.25, 0.3) is 6.71 Å². The number of anilines is 15. The third-order valence-corrected chi connectivity index (χ3v) is 20.1. The molecule has 442 valence electrons. The van der Waals surface area contributed by atoms with Gasteiger partial charge in [0.2, 0.25) is 6.71 Å². The number of fused-ring (bicyclic) bond motifs is 8. The van der Waals surface area contributed by atoms with Crippen molar-refractivity contribution in [2.45, 2.75) is 9.79 Å². The highest BCUT2D eigenvalue weighted by Crippen LogP contribution is 2.52. The average molecular weight is 1230 g/mol. The highest BCUT2D eigenvalue weighted by molar-refractivity contribution is 8.00. The van der Waals surface area contributed by atoms with Crippen LogP contribution < -0.4 is 57.3 Å². The summed E-state index contributed by atoms with van der Waals surface area (Å²) in [6.45, 7) is -0.537. The molecule has 0 spiro atoms. The van der Waals surface area contributed by atoms with Crippen LogP contribution in [0.2, 0.25) is 0 Å². The standard InChI is InChI=1S/C84H55B2F2N5S/c87-60-43-48-76(73(88)49-60)93-77-55-81-72(54-71(77)85-69-35-19-21-37-74(69)91(63-31-15-5-16-32-63)78-50-67(51-79(93)83(78)85)89(61-27-11-3-12-28-61)62-29-13-4-14-30-62)86-70-36-20-22-38-75(70)92(64-33-17-6-18-34-64)80-52-68(53-82(94-81)84(80)86)90(65-44-39-58(40-45-65)56-23-7-1-8-24-56)66-46-41-59(42-47-66)57-25-9-2-10-26-57/h1-55H. The van der Waals surface area contributed by atoms with Crippen molar-refractivity contribution in [3.63, 3.8) is 0 Å². The number of benzene rings is 14. The van der Waals surface area contributed by atoms with Crippen molar-refractivity contribution in [2.75, 3.05) is 24.5 Å². The molecule has 0 amide bonds. The molecule has 14 aromatic carbocycles. The van der Waals surface area contributed by atoms with Crippen LogP contribution in [0, 0.1) is 11.6 Å². The second-order valence-corrected chi connectivity index (χ2v) is 25.3. The summed E-state index contributed by atoms with van der Waals surface area (Å²) in [6, 6.07) is 117. The number of rotatable bonds is 11. The smallest absolute Gasteiger partial charge is 0.252 e. The SMILES string of the molecule is Fc1ccc(N2c3cc4c(cc3B3c5ccccc5N(c5ccccc5)c5cc(N(c6ccccc6)c6ccccc6)cc2c53)B2c3ccccc3N(c3ccccc3)c3cc(N(c5ccc(-c6ccccc6)cc5)c5ccc(-c6ccccc6)cc5)cc(c32)S4)c(F)c1. The van der Waals surface area contributed by atoms with Gasteiger partial charge in [0, 0.05) is 89.8 Å². The first-order chi connectivity index (χ1) is 46.5. The summed E-state index contributed by atoms with van der Waals surface area (Å²) in [7, 11) is 0. The molecule has 0 saturated carbocycles. The fourth-order valence-corrected chi connectivity index (χ4v) is 16.1. The van der Waals surface area contributed by atoms with Crippen molar-refractivity contribution in [1.29, 1.82) is 0 Å². The van der Waals surface area contributed by atoms with Crippen molar-refractivity contribution in [2.24, 2.45) is 0 Å². The zero-order chi connectivity index (χ0) is 62.4. The number of nitrogens with zero attached hydrogens (tertiary/aromatic N) is 5. The van der Waals surface area contributed by atoms with E-state index in [1.165, 1.54) is 22.5 Å². The van der Waals surface area contributed by atoms with Crippen LogP contribution in [0.5, 0.6) is 0 Å². The Morgan fingerprint density at radius 3 is 1.16 bits per heavy atom. The Labute approximate surface area is 550 Å². The highest BCUT2D eigenvalue weighted by Gasteiger charge is 2.48. The van der Waals surface area contributed by atoms with Crippen LogP contribution >= 0.6 is 11.8 Å². The molecule has 0 fully saturated rings. The molecule has 0 saturated heterocycles. The number of para-hydroxylation sites is 6. The van der Waals surface area contributed by atoms with Crippen molar-refractivity contribution >= 4 is 143 Å². The summed E-state index contributed by atoms with van der Waals surface area (Å²) >= 11 is 1.76. The fourth-order valence-electron chi connectivity index (χ4n) is 14.9. The summed E-state index contributed by atoms with van der Waals surface area (Å²) in [5.74, 6) is -1.31. The van der Waals surface area contributed by atoms with E-state index >= 15 is 8.78 Å². The second-order valence-electron chi connectivity index (χ2n) is 24.2. The van der Waals surface area contributed by atoms with Crippen molar-refractivity contribution in [1.82, 2.24) is 0 Å². The molecular weight excluding hydrogens is 1170 g/mol. The van der Waals surface area contributed by atoms with Crippen molar-refractivity contribution in [3.05, 3.63) is 345 Å². The minimum Gasteiger partial charge on any atom is -0.311 e. The van der Waals surface area contributed by atoms with Crippen LogP contribution in [0.15, 0.2) is 343 Å². The van der Waals surface area contributed by atoms with Gasteiger partial charge in [0.05, 0.1) is 11.4 Å². The molecule has 0 radical (unpaired) electrons. The van der Waals surface area contributed by atoms with E-state index < -0.39 is 11.6 Å². The summed E-state index contributed by atoms with van der Waals surface area (Å²) in [5, 5.41) is 0. The quantitative estimate of drug-likeness (QED) is 0.119. The van der Waals surface area contributed by atoms with Crippen molar-refractivity contribution < 1.29 is 8.78 Å². The summed E-state index contributed by atoms with van der Waals surface area (Å²) in [6.07, 6.45) is 0. The van der Waals surface area contributed by atoms with E-state index in [0.717, 1.165) is 134 Å². The van der Waals surface area contributed by atoms with Crippen molar-refractivity contribution in [3.8, 4) is 22.3 Å². The molecule has 0 aromatic heterocycles. The minimum atomic E-state index is -0.663. The van der Waals surface area contributed by atoms with Gasteiger partial charge in [-0.2, -0.15) is 0 Å². The Hall–Kier alpha value is -11.6. The number of halogens is 2. The molecule has 4 heterocycles. The molecule has 94 heavy (non-hydrogen) atoms. The van der Waals surface area contributed by atoms with Gasteiger partial charge >= 0.3 is 0 Å². The summed E-state index contributed by atoms with van der Waals surface area (Å²) in [5.41, 5.74) is 25.2. The van der Waals surface area contributed by atoms with Gasteiger partial charge in [-0.3, -0.25) is 0 Å². The lowest BCUT2D eigenvalue weighted by atomic mass is 9.31. The van der Waals surface area contributed by atoms with Gasteiger partial charge in [0.1, 0.15) is 11.6 Å². The van der Waals surface area contributed by atoms with E-state index in [2.05, 4.69) is 328 Å². The molecule has 0 unspecified atom stereocenters. The maximum atomic E-state index is 17.6. The molecule has 4 aliphatic rings. The van der Waals surface area contributed by atoms with E-state index in [-0.39, 0.29) is 19.1 Å². The lowest BCUT2D eigenvalue weighted by molar-refractivity contribution is 0.584. The Bertz CT molecular complexity index is 5110. The predicted molar refractivity (Wildman–Crippen MR) is 391 cm³/mol. The van der Waals surface area contributed by atoms with Gasteiger partial charge in [-0.1, -0.05) is 217 Å². The topological polar surface area (TPSA) is 16.2 Å². The molecular formula is C84H55B2F2N5S. The van der Waals surface area contributed by atoms with E-state index in [1.807, 2.05) is 12.1 Å². The zero-order valence-corrected chi connectivity index (χ0v) is 51.6. The van der Waals surface area contributed by atoms with E-state index in [0.29, 0.717) is 0 Å². The maximum Gasteiger partial charge on any atom is 0.252 e. The van der Waals surface area contributed by atoms with Crippen LogP contribution in [0.25, 0.3) is 22.3 Å². The maximum absolute atomic E-state index is 17.6. The average Bonchev–Trinajstić information content (AvgIpc) is 0.692. The summed E-state index contributed by atoms with van der Waals surface area (Å²) in [4.78, 5) is 13.7. The van der Waals surface area contributed by atoms with Crippen LogP contribution in [0.3, 0.4) is 0 Å². The Morgan fingerprint density at radius 1 is 0.255 bits per heavy atom. The van der Waals surface area contributed by atoms with E-state index in [1.54, 1.807) is 17.8 Å². The van der Waals surface area contributed by atoms with Crippen LogP contribution in [-0.2, 0) is 0 Å². The monoisotopic (exact) mass is 1230 g/mol. The van der Waals surface area contributed by atoms with Crippen LogP contribution in [-0.4, -0.2) is 13.4 Å². The minimum absolute atomic E-state index is 0.218. The van der Waals surface area contributed by atoms with Gasteiger partial charge in [0.15, 0.2) is 0 Å². The first kappa shape index (κ1) is 55.3. The molecule has 0 bridgehead atoms. The molecule has 18 rings (SSSR count). The van der Waals surface area contributed by atoms with Crippen LogP contribution in [0.1, 0.15) is 0 Å². The first-order valence-corrected chi connectivity index (χ1v) is 32.7. The third kappa shape index (κ3) is 9.15. The first-order valence-electron chi connectivity index (χ1n) is 31.8. The Morgan fingerprint density at radius 2 is 0.660 bits per heavy atom. The largest absolute Gasteiger partial charge is 0.311 e. The predicted octanol–water partition coefficient (Wildman–Crippen LogP) is 19.1. The lowest BCUT2D eigenvalue weighted by Gasteiger charge is -2.46. The fraction of sp³-hybridized carbons (Fsp3) is 0. The molecule has 0 N–H and O–H groups in total. The van der Waals surface area contributed by atoms with Gasteiger partial charge in [-0.05, 0) is 177 Å². The summed E-state index contributed by atoms with van der Waals surface area (Å²) < 4.78 is 33.2. The normalized spacial score (nSPS) is 12.9. The van der Waals surface area contributed by atoms with E-state index in [9.17, 15) is 0 Å². The molecule has 0 atom stereocenters. The van der Waals surface area contributed by atoms with Gasteiger partial charge in [-0.15, -0.1) is 0 Å². The van der Waals surface area contributed by atoms with Crippen LogP contribution in [0.4, 0.5) is 94.1 Å². The second kappa shape index (κ2) is 22.7. The molecule has 14 aromatic rings. The number of hydrogen-bond acceptors (Lipinski definition) is 6. The van der Waals surface area contributed by atoms with Gasteiger partial charge in [-0.25, -0.2) is 8.78 Å². The molecule has 0 aliphatic carbocycles. The molecule has 10 heteroatoms. The lowest BCUT2D eigenvalue weighted by Crippen LogP contribution is -2.64. The molecule has 4 aliphatic heterocycles. The zero-order valence-electron chi connectivity index (χ0n) is 50.8. The Kier molecular flexibility index (Phi) is 13.3. The third-order valence-electron chi connectivity index (χ3n) is 18.9. The van der Waals surface area contributed by atoms with E-state index in [4.69, 9.17) is 0 Å². The highest BCUT2D eigenvalue weighted by atomic mass is 32.2. The number of hydrogen-bond donors (Lipinski definition) is 0. The molecule has 5 nitrogen and oxygen atoms in total.